The summed E-state index contributed by atoms with van der Waals surface area (Å²) in [5.41, 5.74) is 3.55. The third-order valence-electron chi connectivity index (χ3n) is 5.82. The van der Waals surface area contributed by atoms with E-state index >= 15 is 0 Å². The Morgan fingerprint density at radius 2 is 1.69 bits per heavy atom. The summed E-state index contributed by atoms with van der Waals surface area (Å²) in [6.07, 6.45) is -2.16. The Morgan fingerprint density at radius 3 is 2.29 bits per heavy atom. The van der Waals surface area contributed by atoms with Crippen LogP contribution in [0.2, 0.25) is 0 Å². The summed E-state index contributed by atoms with van der Waals surface area (Å²) in [6, 6.07) is 13.3. The van der Waals surface area contributed by atoms with Crippen molar-refractivity contribution in [2.75, 3.05) is 32.8 Å². The van der Waals surface area contributed by atoms with Gasteiger partial charge in [-0.3, -0.25) is 5.43 Å². The number of rotatable bonds is 11. The number of nitrogens with one attached hydrogen (secondary N) is 1. The van der Waals surface area contributed by atoms with Crippen LogP contribution < -0.4 is 14.9 Å². The Bertz CT molecular complexity index is 1390. The van der Waals surface area contributed by atoms with E-state index in [2.05, 4.69) is 5.43 Å². The summed E-state index contributed by atoms with van der Waals surface area (Å²) in [6.45, 7) is 3.94. The first-order chi connectivity index (χ1) is 19.9. The molecule has 3 aromatic rings. The third-order valence-corrected chi connectivity index (χ3v) is 5.82. The van der Waals surface area contributed by atoms with Crippen molar-refractivity contribution in [3.63, 3.8) is 0 Å². The number of amides is 1. The van der Waals surface area contributed by atoms with Crippen molar-refractivity contribution < 1.29 is 47.5 Å². The molecule has 42 heavy (non-hydrogen) atoms. The molecule has 10 nitrogen and oxygen atoms in total. The van der Waals surface area contributed by atoms with E-state index in [4.69, 9.17) is 18.9 Å². The maximum atomic E-state index is 13.9. The van der Waals surface area contributed by atoms with E-state index in [9.17, 15) is 28.6 Å². The second-order valence-electron chi connectivity index (χ2n) is 10.2. The summed E-state index contributed by atoms with van der Waals surface area (Å²) >= 11 is 0. The largest absolute Gasteiger partial charge is 0.496 e. The van der Waals surface area contributed by atoms with Crippen LogP contribution in [0.5, 0.6) is 11.5 Å². The minimum absolute atomic E-state index is 0.0754. The summed E-state index contributed by atoms with van der Waals surface area (Å²) in [7, 11) is 2.57. The number of nitrogens with zero attached hydrogens (tertiary/aromatic N) is 1. The molecule has 0 saturated carbocycles. The Labute approximate surface area is 242 Å². The molecule has 0 heterocycles. The molecule has 226 valence electrons. The number of hydrogen-bond donors (Lipinski definition) is 3. The standard InChI is InChI=1S/C30H34F2N2O8/c1-30(2,3)42-29(38)34(15-20(36)16-35)33-27-19(7-6-8-22(27)28(37)40-5)17-41-21-11-9-18(10-12-21)23-13-24(31)25(32)14-26(23)39-4/h6-14,20,33,35-36H,15-17H2,1-5H3/t20-/m0/s1. The molecular formula is C30H34F2N2O8. The Morgan fingerprint density at radius 1 is 1.02 bits per heavy atom. The van der Waals surface area contributed by atoms with E-state index in [1.54, 1.807) is 57.2 Å². The molecule has 0 saturated heterocycles. The highest BCUT2D eigenvalue weighted by Crippen LogP contribution is 2.33. The number of benzene rings is 3. The molecule has 0 aliphatic heterocycles. The van der Waals surface area contributed by atoms with Crippen molar-refractivity contribution in [3.05, 3.63) is 77.4 Å². The topological polar surface area (TPSA) is 127 Å². The van der Waals surface area contributed by atoms with Gasteiger partial charge in [0.25, 0.3) is 0 Å². The van der Waals surface area contributed by atoms with Gasteiger partial charge in [-0.2, -0.15) is 0 Å². The molecule has 3 aromatic carbocycles. The van der Waals surface area contributed by atoms with Gasteiger partial charge in [0, 0.05) is 17.2 Å². The number of carbonyl (C=O) groups is 2. The fraction of sp³-hybridized carbons (Fsp3) is 0.333. The molecule has 1 amide bonds. The molecule has 0 aromatic heterocycles. The molecule has 0 bridgehead atoms. The number of aliphatic hydroxyl groups excluding tert-OH is 2. The first kappa shape index (κ1) is 32.1. The Kier molecular flexibility index (Phi) is 10.7. The highest BCUT2D eigenvalue weighted by molar-refractivity contribution is 5.96. The lowest BCUT2D eigenvalue weighted by Gasteiger charge is -2.30. The number of methoxy groups -OCH3 is 2. The number of hydrogen-bond acceptors (Lipinski definition) is 9. The van der Waals surface area contributed by atoms with Gasteiger partial charge < -0.3 is 29.2 Å². The van der Waals surface area contributed by atoms with E-state index in [-0.39, 0.29) is 30.2 Å². The van der Waals surface area contributed by atoms with Crippen molar-refractivity contribution in [1.82, 2.24) is 5.01 Å². The minimum atomic E-state index is -1.30. The van der Waals surface area contributed by atoms with Gasteiger partial charge in [0.15, 0.2) is 11.6 Å². The molecule has 3 rings (SSSR count). The minimum Gasteiger partial charge on any atom is -0.496 e. The lowest BCUT2D eigenvalue weighted by Crippen LogP contribution is -2.45. The third kappa shape index (κ3) is 8.30. The van der Waals surface area contributed by atoms with Crippen LogP contribution in [0.4, 0.5) is 19.3 Å². The summed E-state index contributed by atoms with van der Waals surface area (Å²) in [5.74, 6) is -2.15. The number of para-hydroxylation sites is 1. The van der Waals surface area contributed by atoms with Gasteiger partial charge in [0.05, 0.1) is 44.7 Å². The maximum Gasteiger partial charge on any atom is 0.429 e. The number of carbonyl (C=O) groups excluding carboxylic acids is 2. The van der Waals surface area contributed by atoms with E-state index < -0.39 is 42.0 Å². The van der Waals surface area contributed by atoms with Crippen LogP contribution in [-0.4, -0.2) is 66.4 Å². The van der Waals surface area contributed by atoms with Crippen molar-refractivity contribution >= 4 is 17.7 Å². The van der Waals surface area contributed by atoms with Gasteiger partial charge >= 0.3 is 12.1 Å². The maximum absolute atomic E-state index is 13.9. The van der Waals surface area contributed by atoms with Crippen LogP contribution >= 0.6 is 0 Å². The zero-order chi connectivity index (χ0) is 31.0. The first-order valence-corrected chi connectivity index (χ1v) is 12.9. The second kappa shape index (κ2) is 14.0. The quantitative estimate of drug-likeness (QED) is 0.211. The van der Waals surface area contributed by atoms with Gasteiger partial charge in [-0.05, 0) is 50.6 Å². The Balaban J connectivity index is 1.90. The number of halogens is 2. The fourth-order valence-corrected chi connectivity index (χ4v) is 3.83. The zero-order valence-electron chi connectivity index (χ0n) is 23.9. The van der Waals surface area contributed by atoms with Gasteiger partial charge in [0.1, 0.15) is 23.7 Å². The summed E-state index contributed by atoms with van der Waals surface area (Å²) in [4.78, 5) is 25.5. The van der Waals surface area contributed by atoms with Crippen molar-refractivity contribution in [2.45, 2.75) is 39.1 Å². The molecule has 0 unspecified atom stereocenters. The molecule has 0 fully saturated rings. The first-order valence-electron chi connectivity index (χ1n) is 12.9. The normalized spacial score (nSPS) is 11.8. The van der Waals surface area contributed by atoms with Gasteiger partial charge in [-0.1, -0.05) is 24.3 Å². The van der Waals surface area contributed by atoms with Crippen LogP contribution in [0.3, 0.4) is 0 Å². The van der Waals surface area contributed by atoms with Crippen molar-refractivity contribution in [2.24, 2.45) is 0 Å². The van der Waals surface area contributed by atoms with Crippen molar-refractivity contribution in [1.29, 1.82) is 0 Å². The van der Waals surface area contributed by atoms with Crippen LogP contribution in [0.15, 0.2) is 54.6 Å². The van der Waals surface area contributed by atoms with Crippen LogP contribution in [0.25, 0.3) is 11.1 Å². The highest BCUT2D eigenvalue weighted by atomic mass is 19.2. The second-order valence-corrected chi connectivity index (χ2v) is 10.2. The molecule has 0 radical (unpaired) electrons. The van der Waals surface area contributed by atoms with Crippen LogP contribution in [0.1, 0.15) is 36.7 Å². The van der Waals surface area contributed by atoms with E-state index in [1.807, 2.05) is 0 Å². The number of esters is 1. The highest BCUT2D eigenvalue weighted by Gasteiger charge is 2.27. The lowest BCUT2D eigenvalue weighted by atomic mass is 10.0. The summed E-state index contributed by atoms with van der Waals surface area (Å²) < 4.78 is 49.0. The molecule has 0 spiro atoms. The fourth-order valence-electron chi connectivity index (χ4n) is 3.83. The van der Waals surface area contributed by atoms with Crippen LogP contribution in [-0.2, 0) is 16.1 Å². The van der Waals surface area contributed by atoms with Gasteiger partial charge in [0.2, 0.25) is 0 Å². The molecule has 12 heteroatoms. The van der Waals surface area contributed by atoms with Crippen molar-refractivity contribution in [3.8, 4) is 22.6 Å². The monoisotopic (exact) mass is 588 g/mol. The predicted octanol–water partition coefficient (Wildman–Crippen LogP) is 4.92. The number of ether oxygens (including phenoxy) is 4. The number of anilines is 1. The molecule has 0 aliphatic carbocycles. The average molecular weight is 589 g/mol. The molecule has 3 N–H and O–H groups in total. The summed E-state index contributed by atoms with van der Waals surface area (Å²) in [5, 5.41) is 20.4. The van der Waals surface area contributed by atoms with E-state index in [0.29, 0.717) is 22.4 Å². The Hall–Kier alpha value is -4.42. The molecular weight excluding hydrogens is 554 g/mol. The molecule has 0 aliphatic rings. The predicted molar refractivity (Wildman–Crippen MR) is 150 cm³/mol. The average Bonchev–Trinajstić information content (AvgIpc) is 2.96. The van der Waals surface area contributed by atoms with Gasteiger partial charge in [-0.25, -0.2) is 23.4 Å². The van der Waals surface area contributed by atoms with E-state index in [0.717, 1.165) is 17.1 Å². The van der Waals surface area contributed by atoms with Crippen LogP contribution in [0, 0.1) is 11.6 Å². The van der Waals surface area contributed by atoms with Gasteiger partial charge in [-0.15, -0.1) is 0 Å². The lowest BCUT2D eigenvalue weighted by molar-refractivity contribution is 0.0133. The smallest absolute Gasteiger partial charge is 0.429 e. The molecule has 1 atom stereocenters. The van der Waals surface area contributed by atoms with E-state index in [1.165, 1.54) is 20.3 Å². The SMILES string of the molecule is COC(=O)c1cccc(COc2ccc(-c3cc(F)c(F)cc3OC)cc2)c1NN(C[C@H](O)CO)C(=O)OC(C)(C)C. The zero-order valence-corrected chi connectivity index (χ0v) is 23.9. The number of aliphatic hydroxyl groups is 2. The number of hydrazine groups is 1.